The second kappa shape index (κ2) is 7.54. The number of hydrogen-bond acceptors (Lipinski definition) is 2. The standard InChI is InChI=1S/C17H27NO/c1-3-4-11-19-17-9-7-16(8-10-17)13-18-14(2)12-15-5-6-15/h7-10,14-15,18H,3-6,11-13H2,1-2H3. The van der Waals surface area contributed by atoms with Crippen molar-refractivity contribution >= 4 is 0 Å². The Morgan fingerprint density at radius 3 is 2.63 bits per heavy atom. The van der Waals surface area contributed by atoms with E-state index in [2.05, 4.69) is 43.4 Å². The van der Waals surface area contributed by atoms with E-state index < -0.39 is 0 Å². The van der Waals surface area contributed by atoms with E-state index in [4.69, 9.17) is 4.74 Å². The van der Waals surface area contributed by atoms with E-state index in [0.717, 1.165) is 31.2 Å². The molecular weight excluding hydrogens is 234 g/mol. The predicted octanol–water partition coefficient (Wildman–Crippen LogP) is 4.14. The number of ether oxygens (including phenoxy) is 1. The van der Waals surface area contributed by atoms with Crippen molar-refractivity contribution in [1.82, 2.24) is 5.32 Å². The largest absolute Gasteiger partial charge is 0.494 e. The minimum absolute atomic E-state index is 0.632. The average Bonchev–Trinajstić information content (AvgIpc) is 3.22. The number of nitrogens with one attached hydrogen (secondary N) is 1. The molecule has 0 heterocycles. The van der Waals surface area contributed by atoms with Crippen LogP contribution < -0.4 is 10.1 Å². The van der Waals surface area contributed by atoms with Crippen LogP contribution in [0, 0.1) is 5.92 Å². The summed E-state index contributed by atoms with van der Waals surface area (Å²) < 4.78 is 5.67. The van der Waals surface area contributed by atoms with E-state index in [-0.39, 0.29) is 0 Å². The van der Waals surface area contributed by atoms with Gasteiger partial charge in [0.1, 0.15) is 5.75 Å². The first-order valence-electron chi connectivity index (χ1n) is 7.73. The lowest BCUT2D eigenvalue weighted by Crippen LogP contribution is -2.25. The molecule has 1 N–H and O–H groups in total. The van der Waals surface area contributed by atoms with Gasteiger partial charge in [0, 0.05) is 12.6 Å². The fourth-order valence-electron chi connectivity index (χ4n) is 2.27. The van der Waals surface area contributed by atoms with Crippen molar-refractivity contribution < 1.29 is 4.74 Å². The molecule has 19 heavy (non-hydrogen) atoms. The molecule has 1 unspecified atom stereocenters. The van der Waals surface area contributed by atoms with E-state index in [1.165, 1.54) is 31.2 Å². The van der Waals surface area contributed by atoms with Crippen LogP contribution in [0.1, 0.15) is 51.5 Å². The minimum Gasteiger partial charge on any atom is -0.494 e. The molecule has 1 saturated carbocycles. The third-order valence-corrected chi connectivity index (χ3v) is 3.73. The van der Waals surface area contributed by atoms with Crippen LogP contribution in [0.25, 0.3) is 0 Å². The Morgan fingerprint density at radius 2 is 2.00 bits per heavy atom. The van der Waals surface area contributed by atoms with E-state index in [1.807, 2.05) is 0 Å². The van der Waals surface area contributed by atoms with Crippen LogP contribution >= 0.6 is 0 Å². The number of rotatable bonds is 9. The van der Waals surface area contributed by atoms with Gasteiger partial charge in [-0.1, -0.05) is 38.3 Å². The van der Waals surface area contributed by atoms with Gasteiger partial charge in [-0.2, -0.15) is 0 Å². The Morgan fingerprint density at radius 1 is 1.26 bits per heavy atom. The number of unbranched alkanes of at least 4 members (excludes halogenated alkanes) is 1. The summed E-state index contributed by atoms with van der Waals surface area (Å²) in [5.74, 6) is 1.99. The second-order valence-electron chi connectivity index (χ2n) is 5.81. The van der Waals surface area contributed by atoms with Crippen molar-refractivity contribution in [2.45, 2.75) is 58.5 Å². The van der Waals surface area contributed by atoms with Gasteiger partial charge < -0.3 is 10.1 Å². The molecule has 0 radical (unpaired) electrons. The van der Waals surface area contributed by atoms with E-state index in [0.29, 0.717) is 6.04 Å². The molecule has 0 saturated heterocycles. The van der Waals surface area contributed by atoms with Crippen molar-refractivity contribution in [3.63, 3.8) is 0 Å². The highest BCUT2D eigenvalue weighted by atomic mass is 16.5. The van der Waals surface area contributed by atoms with Gasteiger partial charge in [0.25, 0.3) is 0 Å². The van der Waals surface area contributed by atoms with Crippen LogP contribution in [0.15, 0.2) is 24.3 Å². The third kappa shape index (κ3) is 5.65. The highest BCUT2D eigenvalue weighted by Gasteiger charge is 2.23. The van der Waals surface area contributed by atoms with Crippen molar-refractivity contribution in [3.8, 4) is 5.75 Å². The first kappa shape index (κ1) is 14.4. The quantitative estimate of drug-likeness (QED) is 0.674. The molecule has 1 aliphatic rings. The van der Waals surface area contributed by atoms with Crippen LogP contribution in [0.4, 0.5) is 0 Å². The van der Waals surface area contributed by atoms with Gasteiger partial charge in [-0.05, 0) is 43.4 Å². The summed E-state index contributed by atoms with van der Waals surface area (Å²) in [6, 6.07) is 9.13. The Bertz CT molecular complexity index is 356. The summed E-state index contributed by atoms with van der Waals surface area (Å²) >= 11 is 0. The average molecular weight is 261 g/mol. The molecule has 1 aliphatic carbocycles. The molecule has 2 nitrogen and oxygen atoms in total. The van der Waals surface area contributed by atoms with E-state index in [1.54, 1.807) is 0 Å². The van der Waals surface area contributed by atoms with E-state index >= 15 is 0 Å². The highest BCUT2D eigenvalue weighted by molar-refractivity contribution is 5.27. The normalized spacial score (nSPS) is 16.3. The summed E-state index contributed by atoms with van der Waals surface area (Å²) in [6.45, 7) is 6.26. The lowest BCUT2D eigenvalue weighted by Gasteiger charge is -2.13. The Balaban J connectivity index is 1.68. The molecule has 0 aliphatic heterocycles. The van der Waals surface area contributed by atoms with Crippen molar-refractivity contribution in [3.05, 3.63) is 29.8 Å². The lowest BCUT2D eigenvalue weighted by atomic mass is 10.1. The summed E-state index contributed by atoms with van der Waals surface area (Å²) in [5.41, 5.74) is 1.34. The topological polar surface area (TPSA) is 21.3 Å². The molecule has 1 aromatic rings. The van der Waals surface area contributed by atoms with Gasteiger partial charge in [-0.15, -0.1) is 0 Å². The molecule has 0 spiro atoms. The summed E-state index contributed by atoms with van der Waals surface area (Å²) in [6.07, 6.45) is 6.52. The van der Waals surface area contributed by atoms with Crippen molar-refractivity contribution in [2.24, 2.45) is 5.92 Å². The lowest BCUT2D eigenvalue weighted by molar-refractivity contribution is 0.309. The van der Waals surface area contributed by atoms with Crippen LogP contribution in [-0.4, -0.2) is 12.6 Å². The molecule has 1 fully saturated rings. The zero-order valence-corrected chi connectivity index (χ0v) is 12.3. The fourth-order valence-corrected chi connectivity index (χ4v) is 2.27. The molecule has 2 heteroatoms. The summed E-state index contributed by atoms with van der Waals surface area (Å²) in [7, 11) is 0. The van der Waals surface area contributed by atoms with Gasteiger partial charge in [-0.3, -0.25) is 0 Å². The molecule has 0 amide bonds. The zero-order chi connectivity index (χ0) is 13.5. The first-order valence-corrected chi connectivity index (χ1v) is 7.73. The molecule has 0 bridgehead atoms. The Hall–Kier alpha value is -1.02. The van der Waals surface area contributed by atoms with E-state index in [9.17, 15) is 0 Å². The van der Waals surface area contributed by atoms with Gasteiger partial charge >= 0.3 is 0 Å². The van der Waals surface area contributed by atoms with Gasteiger partial charge in [0.05, 0.1) is 6.61 Å². The van der Waals surface area contributed by atoms with Crippen molar-refractivity contribution in [2.75, 3.05) is 6.61 Å². The summed E-state index contributed by atoms with van der Waals surface area (Å²) in [5, 5.41) is 3.60. The van der Waals surface area contributed by atoms with Gasteiger partial charge in [0.15, 0.2) is 0 Å². The number of benzene rings is 1. The smallest absolute Gasteiger partial charge is 0.119 e. The monoisotopic (exact) mass is 261 g/mol. The van der Waals surface area contributed by atoms with Crippen LogP contribution in [0.2, 0.25) is 0 Å². The predicted molar refractivity (Wildman–Crippen MR) is 80.5 cm³/mol. The molecule has 0 aromatic heterocycles. The minimum atomic E-state index is 0.632. The zero-order valence-electron chi connectivity index (χ0n) is 12.3. The second-order valence-corrected chi connectivity index (χ2v) is 5.81. The van der Waals surface area contributed by atoms with Crippen LogP contribution in [-0.2, 0) is 6.54 Å². The Kier molecular flexibility index (Phi) is 5.71. The molecule has 1 aromatic carbocycles. The maximum atomic E-state index is 5.67. The number of hydrogen-bond donors (Lipinski definition) is 1. The van der Waals surface area contributed by atoms with Gasteiger partial charge in [0.2, 0.25) is 0 Å². The highest BCUT2D eigenvalue weighted by Crippen LogP contribution is 2.33. The maximum Gasteiger partial charge on any atom is 0.119 e. The maximum absolute atomic E-state index is 5.67. The summed E-state index contributed by atoms with van der Waals surface area (Å²) in [4.78, 5) is 0. The van der Waals surface area contributed by atoms with Crippen LogP contribution in [0.5, 0.6) is 5.75 Å². The van der Waals surface area contributed by atoms with Crippen molar-refractivity contribution in [1.29, 1.82) is 0 Å². The third-order valence-electron chi connectivity index (χ3n) is 3.73. The first-order chi connectivity index (χ1) is 9.28. The SMILES string of the molecule is CCCCOc1ccc(CNC(C)CC2CC2)cc1. The Labute approximate surface area is 117 Å². The van der Waals surface area contributed by atoms with Crippen LogP contribution in [0.3, 0.4) is 0 Å². The fraction of sp³-hybridized carbons (Fsp3) is 0.647. The van der Waals surface area contributed by atoms with Gasteiger partial charge in [-0.25, -0.2) is 0 Å². The molecule has 1 atom stereocenters. The molecule has 2 rings (SSSR count). The molecular formula is C17H27NO. The molecule has 106 valence electrons.